The van der Waals surface area contributed by atoms with Gasteiger partial charge in [-0.25, -0.2) is 0 Å². The highest BCUT2D eigenvalue weighted by Gasteiger charge is 2.37. The first-order chi connectivity index (χ1) is 12.0. The van der Waals surface area contributed by atoms with Gasteiger partial charge in [-0.1, -0.05) is 6.92 Å². The van der Waals surface area contributed by atoms with Crippen LogP contribution in [0.3, 0.4) is 0 Å². The van der Waals surface area contributed by atoms with Crippen LogP contribution in [-0.2, 0) is 4.79 Å². The molecule has 0 spiro atoms. The molecule has 0 aromatic carbocycles. The largest absolute Gasteiger partial charge is 0.450 e. The molecule has 130 valence electrons. The van der Waals surface area contributed by atoms with Crippen LogP contribution in [0.25, 0.3) is 6.08 Å². The fourth-order valence-corrected chi connectivity index (χ4v) is 4.12. The van der Waals surface area contributed by atoms with Gasteiger partial charge >= 0.3 is 0 Å². The molecule has 4 heterocycles. The summed E-state index contributed by atoms with van der Waals surface area (Å²) in [5, 5.41) is 15.6. The summed E-state index contributed by atoms with van der Waals surface area (Å²) in [7, 11) is 0. The van der Waals surface area contributed by atoms with Crippen LogP contribution in [0.1, 0.15) is 25.5 Å². The highest BCUT2D eigenvalue weighted by molar-refractivity contribution is 9.10. The van der Waals surface area contributed by atoms with Gasteiger partial charge in [-0.15, -0.1) is 5.10 Å². The molecule has 7 nitrogen and oxygen atoms in total. The zero-order valence-corrected chi connectivity index (χ0v) is 15.9. The van der Waals surface area contributed by atoms with Gasteiger partial charge in [0.05, 0.1) is 5.57 Å². The molecule has 1 aromatic heterocycles. The Bertz CT molecular complexity index is 835. The van der Waals surface area contributed by atoms with E-state index in [0.29, 0.717) is 15.6 Å². The number of thioether (sulfide) groups is 1. The topological polar surface area (TPSA) is 85.3 Å². The molecule has 1 N–H and O–H groups in total. The SMILES string of the molecule is CC1CCN(C2=NN3C(=N)/C(=C\c4ccc(Br)o4)C(=O)N=C3S2)CC1. The van der Waals surface area contributed by atoms with E-state index in [4.69, 9.17) is 9.83 Å². The molecule has 0 bridgehead atoms. The molecule has 9 heteroatoms. The van der Waals surface area contributed by atoms with E-state index >= 15 is 0 Å². The van der Waals surface area contributed by atoms with E-state index in [1.807, 2.05) is 0 Å². The van der Waals surface area contributed by atoms with Crippen molar-refractivity contribution in [3.8, 4) is 0 Å². The normalized spacial score (nSPS) is 23.2. The molecule has 0 atom stereocenters. The van der Waals surface area contributed by atoms with E-state index in [2.05, 4.69) is 37.8 Å². The van der Waals surface area contributed by atoms with Crippen LogP contribution in [0, 0.1) is 11.3 Å². The Morgan fingerprint density at radius 3 is 2.80 bits per heavy atom. The predicted molar refractivity (Wildman–Crippen MR) is 101 cm³/mol. The lowest BCUT2D eigenvalue weighted by molar-refractivity contribution is -0.114. The predicted octanol–water partition coefficient (Wildman–Crippen LogP) is 3.35. The van der Waals surface area contributed by atoms with Crippen LogP contribution in [0.5, 0.6) is 0 Å². The summed E-state index contributed by atoms with van der Waals surface area (Å²) >= 11 is 4.58. The summed E-state index contributed by atoms with van der Waals surface area (Å²) in [6, 6.07) is 3.45. The molecular weight excluding hydrogens is 406 g/mol. The van der Waals surface area contributed by atoms with Crippen molar-refractivity contribution in [2.75, 3.05) is 13.1 Å². The summed E-state index contributed by atoms with van der Waals surface area (Å²) in [5.41, 5.74) is 0.170. The summed E-state index contributed by atoms with van der Waals surface area (Å²) in [6.45, 7) is 4.14. The lowest BCUT2D eigenvalue weighted by atomic mass is 10.00. The Morgan fingerprint density at radius 1 is 1.36 bits per heavy atom. The van der Waals surface area contributed by atoms with Gasteiger partial charge in [0.15, 0.2) is 15.7 Å². The molecule has 1 aromatic rings. The first-order valence-corrected chi connectivity index (χ1v) is 9.63. The zero-order chi connectivity index (χ0) is 17.6. The van der Waals surface area contributed by atoms with E-state index in [9.17, 15) is 4.79 Å². The molecule has 25 heavy (non-hydrogen) atoms. The highest BCUT2D eigenvalue weighted by atomic mass is 79.9. The number of fused-ring (bicyclic) bond motifs is 1. The molecule has 3 aliphatic rings. The third kappa shape index (κ3) is 3.18. The maximum atomic E-state index is 12.3. The number of furan rings is 1. The van der Waals surface area contributed by atoms with Crippen molar-refractivity contribution in [3.05, 3.63) is 28.1 Å². The number of carbonyl (C=O) groups excluding carboxylic acids is 1. The van der Waals surface area contributed by atoms with E-state index in [0.717, 1.165) is 37.0 Å². The molecule has 3 aliphatic heterocycles. The fraction of sp³-hybridized carbons (Fsp3) is 0.375. The molecular formula is C16H16BrN5O2S. The van der Waals surface area contributed by atoms with Crippen molar-refractivity contribution >= 4 is 55.8 Å². The number of hydrogen-bond donors (Lipinski definition) is 1. The van der Waals surface area contributed by atoms with Gasteiger partial charge in [0, 0.05) is 13.1 Å². The third-order valence-electron chi connectivity index (χ3n) is 4.38. The first kappa shape index (κ1) is 16.6. The number of hydrazone groups is 1. The average molecular weight is 422 g/mol. The second-order valence-electron chi connectivity index (χ2n) is 6.21. The van der Waals surface area contributed by atoms with Crippen LogP contribution in [0.4, 0.5) is 0 Å². The number of aliphatic imine (C=N–C) groups is 1. The van der Waals surface area contributed by atoms with Crippen molar-refractivity contribution in [1.82, 2.24) is 9.91 Å². The number of hydrogen-bond acceptors (Lipinski definition) is 6. The number of halogens is 1. The summed E-state index contributed by atoms with van der Waals surface area (Å²) in [4.78, 5) is 18.6. The Morgan fingerprint density at radius 2 is 2.12 bits per heavy atom. The Balaban J connectivity index is 1.59. The Kier molecular flexibility index (Phi) is 4.28. The van der Waals surface area contributed by atoms with Crippen molar-refractivity contribution in [3.63, 3.8) is 0 Å². The molecule has 0 radical (unpaired) electrons. The van der Waals surface area contributed by atoms with Crippen molar-refractivity contribution in [2.24, 2.45) is 16.0 Å². The number of rotatable bonds is 1. The van der Waals surface area contributed by atoms with Gasteiger partial charge in [0.2, 0.25) is 5.17 Å². The minimum atomic E-state index is -0.444. The van der Waals surface area contributed by atoms with Gasteiger partial charge in [-0.05, 0) is 64.7 Å². The van der Waals surface area contributed by atoms with Crippen LogP contribution in [-0.4, -0.2) is 45.1 Å². The number of nitrogens with zero attached hydrogens (tertiary/aromatic N) is 4. The number of amidine groups is 3. The zero-order valence-electron chi connectivity index (χ0n) is 13.5. The van der Waals surface area contributed by atoms with Gasteiger partial charge in [0.25, 0.3) is 5.91 Å². The highest BCUT2D eigenvalue weighted by Crippen LogP contribution is 2.31. The lowest BCUT2D eigenvalue weighted by Gasteiger charge is -2.30. The number of carbonyl (C=O) groups is 1. The minimum absolute atomic E-state index is 0.0235. The van der Waals surface area contributed by atoms with Gasteiger partial charge in [-0.3, -0.25) is 10.2 Å². The van der Waals surface area contributed by atoms with Gasteiger partial charge in [-0.2, -0.15) is 10.0 Å². The second kappa shape index (κ2) is 6.45. The molecule has 1 fully saturated rings. The van der Waals surface area contributed by atoms with Crippen LogP contribution in [0.2, 0.25) is 0 Å². The summed E-state index contributed by atoms with van der Waals surface area (Å²) < 4.78 is 5.96. The van der Waals surface area contributed by atoms with Crippen molar-refractivity contribution < 1.29 is 9.21 Å². The molecule has 1 saturated heterocycles. The van der Waals surface area contributed by atoms with E-state index in [1.165, 1.54) is 22.8 Å². The van der Waals surface area contributed by atoms with Gasteiger partial charge in [0.1, 0.15) is 5.76 Å². The van der Waals surface area contributed by atoms with E-state index in [-0.39, 0.29) is 11.4 Å². The smallest absolute Gasteiger partial charge is 0.283 e. The lowest BCUT2D eigenvalue weighted by Crippen LogP contribution is -2.36. The number of likely N-dealkylation sites (tertiary alicyclic amines) is 1. The Labute approximate surface area is 157 Å². The maximum absolute atomic E-state index is 12.3. The molecule has 1 amide bonds. The summed E-state index contributed by atoms with van der Waals surface area (Å²) in [5.74, 6) is 0.792. The van der Waals surface area contributed by atoms with E-state index in [1.54, 1.807) is 12.1 Å². The van der Waals surface area contributed by atoms with Crippen molar-refractivity contribution in [2.45, 2.75) is 19.8 Å². The molecule has 0 aliphatic carbocycles. The Hall–Kier alpha value is -1.87. The van der Waals surface area contributed by atoms with Crippen molar-refractivity contribution in [1.29, 1.82) is 5.41 Å². The quantitative estimate of drug-likeness (QED) is 0.702. The van der Waals surface area contributed by atoms with E-state index < -0.39 is 5.91 Å². The maximum Gasteiger partial charge on any atom is 0.283 e. The van der Waals surface area contributed by atoms with Crippen LogP contribution < -0.4 is 0 Å². The molecule has 4 rings (SSSR count). The second-order valence-corrected chi connectivity index (χ2v) is 7.93. The number of amides is 1. The number of piperidine rings is 1. The fourth-order valence-electron chi connectivity index (χ4n) is 2.86. The summed E-state index contributed by atoms with van der Waals surface area (Å²) in [6.07, 6.45) is 3.78. The minimum Gasteiger partial charge on any atom is -0.450 e. The van der Waals surface area contributed by atoms with Gasteiger partial charge < -0.3 is 9.32 Å². The molecule has 0 unspecified atom stereocenters. The van der Waals surface area contributed by atoms with Crippen LogP contribution in [0.15, 0.2) is 36.9 Å². The number of nitrogens with one attached hydrogen (secondary N) is 1. The first-order valence-electron chi connectivity index (χ1n) is 8.02. The third-order valence-corrected chi connectivity index (χ3v) is 5.77. The standard InChI is InChI=1S/C16H16BrN5O2S/c1-9-4-6-21(7-5-9)16-20-22-13(18)11(14(23)19-15(22)25-16)8-10-2-3-12(17)24-10/h2-3,8-9,18H,4-7H2,1H3/b11-8+,18-13?. The molecule has 0 saturated carbocycles. The average Bonchev–Trinajstić information content (AvgIpc) is 3.18. The van der Waals surface area contributed by atoms with Crippen LogP contribution >= 0.6 is 27.7 Å². The monoisotopic (exact) mass is 421 g/mol.